The van der Waals surface area contributed by atoms with E-state index in [9.17, 15) is 18.0 Å². The molecule has 8 heteroatoms. The van der Waals surface area contributed by atoms with E-state index < -0.39 is 27.9 Å². The van der Waals surface area contributed by atoms with Gasteiger partial charge in [0.05, 0.1) is 28.1 Å². The molecule has 7 nitrogen and oxygen atoms in total. The third kappa shape index (κ3) is 2.64. The molecule has 0 N–H and O–H groups in total. The van der Waals surface area contributed by atoms with E-state index in [0.717, 1.165) is 9.87 Å². The minimum atomic E-state index is -3.93. The summed E-state index contributed by atoms with van der Waals surface area (Å²) in [6, 6.07) is 14.4. The van der Waals surface area contributed by atoms with Crippen molar-refractivity contribution in [2.45, 2.75) is 24.3 Å². The van der Waals surface area contributed by atoms with Crippen LogP contribution in [-0.4, -0.2) is 36.9 Å². The van der Waals surface area contributed by atoms with Gasteiger partial charge in [0.25, 0.3) is 10.0 Å². The van der Waals surface area contributed by atoms with E-state index in [1.54, 1.807) is 54.6 Å². The molecule has 2 aliphatic heterocycles. The highest BCUT2D eigenvalue weighted by Gasteiger charge is 2.57. The summed E-state index contributed by atoms with van der Waals surface area (Å²) in [5, 5.41) is 0. The molecule has 1 saturated heterocycles. The number of sulfonamides is 1. The fourth-order valence-corrected chi connectivity index (χ4v) is 5.83. The fraction of sp³-hybridized carbons (Fsp3) is 0.227. The van der Waals surface area contributed by atoms with E-state index in [1.807, 2.05) is 13.0 Å². The van der Waals surface area contributed by atoms with Gasteiger partial charge in [-0.1, -0.05) is 42.0 Å². The van der Waals surface area contributed by atoms with Crippen molar-refractivity contribution in [1.29, 1.82) is 0 Å². The van der Waals surface area contributed by atoms with Gasteiger partial charge in [-0.15, -0.1) is 0 Å². The van der Waals surface area contributed by atoms with Crippen molar-refractivity contribution in [2.75, 3.05) is 4.90 Å². The molecule has 0 unspecified atom stereocenters. The van der Waals surface area contributed by atoms with Gasteiger partial charge in [-0.2, -0.15) is 0 Å². The van der Waals surface area contributed by atoms with Crippen LogP contribution in [0.25, 0.3) is 0 Å². The van der Waals surface area contributed by atoms with Gasteiger partial charge in [-0.05, 0) is 37.6 Å². The van der Waals surface area contributed by atoms with Gasteiger partial charge in [-0.25, -0.2) is 22.6 Å². The van der Waals surface area contributed by atoms with Crippen LogP contribution in [0.3, 0.4) is 0 Å². The number of para-hydroxylation sites is 1. The van der Waals surface area contributed by atoms with Crippen molar-refractivity contribution < 1.29 is 18.0 Å². The Kier molecular flexibility index (Phi) is 4.14. The summed E-state index contributed by atoms with van der Waals surface area (Å²) in [7, 11) is -3.93. The number of benzene rings is 2. The van der Waals surface area contributed by atoms with Crippen LogP contribution in [0.5, 0.6) is 0 Å². The maximum atomic E-state index is 13.3. The summed E-state index contributed by atoms with van der Waals surface area (Å²) >= 11 is 0. The molecule has 2 aromatic carbocycles. The molecule has 1 aliphatic carbocycles. The number of rotatable bonds is 3. The van der Waals surface area contributed by atoms with Crippen LogP contribution in [0, 0.1) is 18.8 Å². The molecule has 2 aromatic rings. The predicted octanol–water partition coefficient (Wildman–Crippen LogP) is 2.49. The van der Waals surface area contributed by atoms with Crippen LogP contribution in [-0.2, 0) is 19.6 Å². The predicted molar refractivity (Wildman–Crippen MR) is 111 cm³/mol. The third-order valence-corrected chi connectivity index (χ3v) is 7.65. The number of aliphatic imine (C=N–C) groups is 1. The Morgan fingerprint density at radius 3 is 2.37 bits per heavy atom. The molecule has 0 aromatic heterocycles. The number of aryl methyl sites for hydroxylation is 1. The number of carbonyl (C=O) groups is 2. The lowest BCUT2D eigenvalue weighted by molar-refractivity contribution is -0.122. The number of nitrogens with zero attached hydrogens (tertiary/aromatic N) is 3. The lowest BCUT2D eigenvalue weighted by Gasteiger charge is -2.32. The summed E-state index contributed by atoms with van der Waals surface area (Å²) in [4.78, 5) is 32.0. The van der Waals surface area contributed by atoms with E-state index in [-0.39, 0.29) is 16.7 Å². The fourth-order valence-electron chi connectivity index (χ4n) is 4.39. The minimum Gasteiger partial charge on any atom is -0.274 e. The zero-order valence-electron chi connectivity index (χ0n) is 16.2. The monoisotopic (exact) mass is 421 g/mol. The van der Waals surface area contributed by atoms with Crippen molar-refractivity contribution >= 4 is 33.9 Å². The number of fused-ring (bicyclic) bond motifs is 3. The van der Waals surface area contributed by atoms with Gasteiger partial charge in [-0.3, -0.25) is 9.59 Å². The molecule has 152 valence electrons. The Hall–Kier alpha value is -3.26. The van der Waals surface area contributed by atoms with Crippen LogP contribution in [0.1, 0.15) is 12.0 Å². The number of amides is 2. The van der Waals surface area contributed by atoms with Crippen LogP contribution < -0.4 is 4.90 Å². The maximum absolute atomic E-state index is 13.3. The molecule has 0 spiro atoms. The van der Waals surface area contributed by atoms with E-state index in [2.05, 4.69) is 4.99 Å². The first-order valence-electron chi connectivity index (χ1n) is 9.67. The van der Waals surface area contributed by atoms with Gasteiger partial charge in [0, 0.05) is 0 Å². The molecule has 1 fully saturated rings. The second-order valence-electron chi connectivity index (χ2n) is 7.68. The molecular formula is C22H19N3O4S. The number of hydrogen-bond acceptors (Lipinski definition) is 5. The molecular weight excluding hydrogens is 402 g/mol. The van der Waals surface area contributed by atoms with Gasteiger partial charge in [0.15, 0.2) is 0 Å². The first-order chi connectivity index (χ1) is 14.4. The van der Waals surface area contributed by atoms with Crippen LogP contribution in [0.2, 0.25) is 0 Å². The van der Waals surface area contributed by atoms with Crippen LogP contribution >= 0.6 is 0 Å². The molecule has 30 heavy (non-hydrogen) atoms. The molecule has 3 atom stereocenters. The Morgan fingerprint density at radius 2 is 1.67 bits per heavy atom. The summed E-state index contributed by atoms with van der Waals surface area (Å²) in [5.74, 6) is -2.10. The third-order valence-electron chi connectivity index (χ3n) is 5.91. The zero-order chi connectivity index (χ0) is 21.0. The summed E-state index contributed by atoms with van der Waals surface area (Å²) in [6.45, 7) is 1.88. The number of hydrogen-bond donors (Lipinski definition) is 0. The maximum Gasteiger partial charge on any atom is 0.265 e. The minimum absolute atomic E-state index is 0.125. The summed E-state index contributed by atoms with van der Waals surface area (Å²) in [6.07, 6.45) is 3.39. The van der Waals surface area contributed by atoms with Crippen molar-refractivity contribution in [3.63, 3.8) is 0 Å². The number of carbonyl (C=O) groups excluding carboxylic acids is 2. The van der Waals surface area contributed by atoms with E-state index >= 15 is 0 Å². The van der Waals surface area contributed by atoms with Gasteiger partial charge in [0.2, 0.25) is 11.8 Å². The smallest absolute Gasteiger partial charge is 0.265 e. The molecule has 0 bridgehead atoms. The highest BCUT2D eigenvalue weighted by molar-refractivity contribution is 7.89. The highest BCUT2D eigenvalue weighted by atomic mass is 32.2. The number of imide groups is 1. The largest absolute Gasteiger partial charge is 0.274 e. The first kappa shape index (κ1) is 18.7. The molecule has 0 saturated carbocycles. The van der Waals surface area contributed by atoms with Gasteiger partial charge < -0.3 is 0 Å². The van der Waals surface area contributed by atoms with Crippen molar-refractivity contribution in [3.05, 3.63) is 71.9 Å². The van der Waals surface area contributed by atoms with Crippen molar-refractivity contribution in [3.8, 4) is 0 Å². The molecule has 3 aliphatic rings. The second-order valence-corrected chi connectivity index (χ2v) is 9.52. The molecule has 2 amide bonds. The quantitative estimate of drug-likeness (QED) is 0.713. The van der Waals surface area contributed by atoms with E-state index in [4.69, 9.17) is 0 Å². The summed E-state index contributed by atoms with van der Waals surface area (Å²) in [5.41, 5.74) is 1.95. The van der Waals surface area contributed by atoms with Gasteiger partial charge in [0.1, 0.15) is 12.4 Å². The number of anilines is 1. The Bertz CT molecular complexity index is 1200. The van der Waals surface area contributed by atoms with Crippen LogP contribution in [0.4, 0.5) is 5.69 Å². The van der Waals surface area contributed by atoms with Crippen LogP contribution in [0.15, 0.2) is 76.3 Å². The molecule has 0 radical (unpaired) electrons. The lowest BCUT2D eigenvalue weighted by atomic mass is 9.80. The normalized spacial score (nSPS) is 25.4. The lowest BCUT2D eigenvalue weighted by Crippen LogP contribution is -2.46. The average Bonchev–Trinajstić information content (AvgIpc) is 3.28. The Morgan fingerprint density at radius 1 is 0.967 bits per heavy atom. The Balaban J connectivity index is 1.55. The highest BCUT2D eigenvalue weighted by Crippen LogP contribution is 2.44. The van der Waals surface area contributed by atoms with Crippen molar-refractivity contribution in [1.82, 2.24) is 4.31 Å². The van der Waals surface area contributed by atoms with Gasteiger partial charge >= 0.3 is 0 Å². The standard InChI is InChI=1S/C22H19N3O4S/c1-14-7-9-16(10-8-14)30(28,29)24-13-23-18-12-11-17-19(20(18)24)22(27)25(21(17)26)15-5-3-2-4-6-15/h2-10,12-13,17,19-20H,11H2,1H3/t17-,19-,20+/m0/s1. The Labute approximate surface area is 174 Å². The SMILES string of the molecule is Cc1ccc(S(=O)(=O)N2C=NC3=CC[C@@H]4C(=O)N(c5ccccc5)C(=O)[C@@H]4[C@@H]32)cc1. The number of allylic oxidation sites excluding steroid dienone is 1. The zero-order valence-corrected chi connectivity index (χ0v) is 17.0. The van der Waals surface area contributed by atoms with Crippen molar-refractivity contribution in [2.24, 2.45) is 16.8 Å². The molecule has 5 rings (SSSR count). The summed E-state index contributed by atoms with van der Waals surface area (Å²) < 4.78 is 27.8. The first-order valence-corrected chi connectivity index (χ1v) is 11.1. The topological polar surface area (TPSA) is 87.1 Å². The second kappa shape index (κ2) is 6.63. The molecule has 2 heterocycles. The van der Waals surface area contributed by atoms with E-state index in [0.29, 0.717) is 17.8 Å². The van der Waals surface area contributed by atoms with E-state index in [1.165, 1.54) is 11.2 Å². The average molecular weight is 421 g/mol.